The number of nitrogens with one attached hydrogen (secondary N) is 2. The predicted molar refractivity (Wildman–Crippen MR) is 89.1 cm³/mol. The normalized spacial score (nSPS) is 10.2. The standard InChI is InChI=1S/C16H17N3O6/c1-4-25-13-6-5-10(8-12(13)19(22)23)15(20)18-11-7-9(2)17-14(11)16(21)24-3/h5-8,17H,4H2,1-3H3,(H,18,20). The van der Waals surface area contributed by atoms with Crippen LogP contribution in [0.5, 0.6) is 5.75 Å². The Bertz CT molecular complexity index is 827. The van der Waals surface area contributed by atoms with Gasteiger partial charge in [-0.1, -0.05) is 0 Å². The Morgan fingerprint density at radius 1 is 1.32 bits per heavy atom. The van der Waals surface area contributed by atoms with Crippen LogP contribution in [0, 0.1) is 17.0 Å². The number of methoxy groups -OCH3 is 1. The smallest absolute Gasteiger partial charge is 0.356 e. The maximum absolute atomic E-state index is 12.4. The highest BCUT2D eigenvalue weighted by atomic mass is 16.6. The highest BCUT2D eigenvalue weighted by Crippen LogP contribution is 2.28. The number of H-pyrrole nitrogens is 1. The van der Waals surface area contributed by atoms with Gasteiger partial charge in [-0.15, -0.1) is 0 Å². The van der Waals surface area contributed by atoms with Crippen LogP contribution in [-0.4, -0.2) is 35.5 Å². The van der Waals surface area contributed by atoms with Gasteiger partial charge in [0.25, 0.3) is 5.91 Å². The van der Waals surface area contributed by atoms with Gasteiger partial charge in [-0.25, -0.2) is 4.79 Å². The van der Waals surface area contributed by atoms with E-state index in [2.05, 4.69) is 15.0 Å². The van der Waals surface area contributed by atoms with Crippen LogP contribution in [0.4, 0.5) is 11.4 Å². The van der Waals surface area contributed by atoms with Gasteiger partial charge in [-0.2, -0.15) is 0 Å². The van der Waals surface area contributed by atoms with Gasteiger partial charge in [0.2, 0.25) is 0 Å². The largest absolute Gasteiger partial charge is 0.487 e. The quantitative estimate of drug-likeness (QED) is 0.470. The lowest BCUT2D eigenvalue weighted by atomic mass is 10.1. The number of aryl methyl sites for hydroxylation is 1. The molecule has 0 aliphatic carbocycles. The Hall–Kier alpha value is -3.36. The summed E-state index contributed by atoms with van der Waals surface area (Å²) in [6.07, 6.45) is 0. The molecule has 0 aliphatic rings. The van der Waals surface area contributed by atoms with E-state index in [1.165, 1.54) is 19.2 Å². The van der Waals surface area contributed by atoms with E-state index < -0.39 is 16.8 Å². The van der Waals surface area contributed by atoms with Crippen LogP contribution in [0.2, 0.25) is 0 Å². The van der Waals surface area contributed by atoms with E-state index in [9.17, 15) is 19.7 Å². The van der Waals surface area contributed by atoms with Gasteiger partial charge in [0.1, 0.15) is 5.69 Å². The number of hydrogen-bond donors (Lipinski definition) is 2. The lowest BCUT2D eigenvalue weighted by Gasteiger charge is -2.08. The maximum atomic E-state index is 12.4. The molecule has 0 saturated carbocycles. The molecule has 25 heavy (non-hydrogen) atoms. The molecule has 1 aromatic carbocycles. The van der Waals surface area contributed by atoms with Gasteiger partial charge in [0.05, 0.1) is 24.3 Å². The molecule has 0 unspecified atom stereocenters. The molecule has 1 heterocycles. The van der Waals surface area contributed by atoms with Crippen LogP contribution in [0.25, 0.3) is 0 Å². The fraction of sp³-hybridized carbons (Fsp3) is 0.250. The van der Waals surface area contributed by atoms with Crippen molar-refractivity contribution >= 4 is 23.3 Å². The number of rotatable bonds is 6. The molecule has 0 atom stereocenters. The third-order valence-electron chi connectivity index (χ3n) is 3.31. The SMILES string of the molecule is CCOc1ccc(C(=O)Nc2cc(C)[nH]c2C(=O)OC)cc1[N+](=O)[O-]. The second-order valence-corrected chi connectivity index (χ2v) is 5.06. The molecule has 9 heteroatoms. The molecule has 2 aromatic rings. The summed E-state index contributed by atoms with van der Waals surface area (Å²) < 4.78 is 9.82. The third kappa shape index (κ3) is 3.94. The van der Waals surface area contributed by atoms with E-state index in [1.54, 1.807) is 19.9 Å². The van der Waals surface area contributed by atoms with Gasteiger partial charge in [-0.3, -0.25) is 14.9 Å². The fourth-order valence-corrected chi connectivity index (χ4v) is 2.22. The molecule has 0 fully saturated rings. The number of amides is 1. The minimum Gasteiger partial charge on any atom is -0.487 e. The van der Waals surface area contributed by atoms with Crippen molar-refractivity contribution in [3.8, 4) is 5.75 Å². The van der Waals surface area contributed by atoms with E-state index >= 15 is 0 Å². The monoisotopic (exact) mass is 347 g/mol. The number of aromatic amines is 1. The zero-order chi connectivity index (χ0) is 18.6. The summed E-state index contributed by atoms with van der Waals surface area (Å²) in [7, 11) is 1.22. The van der Waals surface area contributed by atoms with E-state index in [4.69, 9.17) is 4.74 Å². The lowest BCUT2D eigenvalue weighted by Crippen LogP contribution is -2.15. The van der Waals surface area contributed by atoms with Crippen molar-refractivity contribution in [3.05, 3.63) is 51.3 Å². The molecular weight excluding hydrogens is 330 g/mol. The average molecular weight is 347 g/mol. The number of nitrogens with zero attached hydrogens (tertiary/aromatic N) is 1. The van der Waals surface area contributed by atoms with Crippen molar-refractivity contribution < 1.29 is 24.0 Å². The van der Waals surface area contributed by atoms with Gasteiger partial charge in [0.15, 0.2) is 5.75 Å². The van der Waals surface area contributed by atoms with E-state index in [0.717, 1.165) is 6.07 Å². The predicted octanol–water partition coefficient (Wildman–Crippen LogP) is 2.67. The number of carbonyl (C=O) groups excluding carboxylic acids is 2. The van der Waals surface area contributed by atoms with Crippen LogP contribution in [-0.2, 0) is 4.74 Å². The molecule has 1 aromatic heterocycles. The molecular formula is C16H17N3O6. The zero-order valence-corrected chi connectivity index (χ0v) is 13.9. The number of esters is 1. The second-order valence-electron chi connectivity index (χ2n) is 5.06. The third-order valence-corrected chi connectivity index (χ3v) is 3.31. The summed E-state index contributed by atoms with van der Waals surface area (Å²) in [6.45, 7) is 3.67. The van der Waals surface area contributed by atoms with E-state index in [0.29, 0.717) is 5.69 Å². The number of hydrogen-bond acceptors (Lipinski definition) is 6. The fourth-order valence-electron chi connectivity index (χ4n) is 2.22. The first-order valence-electron chi connectivity index (χ1n) is 7.37. The van der Waals surface area contributed by atoms with Crippen LogP contribution in [0.1, 0.15) is 33.5 Å². The molecule has 0 aliphatic heterocycles. The highest BCUT2D eigenvalue weighted by Gasteiger charge is 2.21. The first kappa shape index (κ1) is 18.0. The van der Waals surface area contributed by atoms with Gasteiger partial charge in [0, 0.05) is 17.3 Å². The highest BCUT2D eigenvalue weighted by molar-refractivity contribution is 6.08. The zero-order valence-electron chi connectivity index (χ0n) is 13.9. The van der Waals surface area contributed by atoms with Crippen molar-refractivity contribution in [1.82, 2.24) is 4.98 Å². The molecule has 0 radical (unpaired) electrons. The van der Waals surface area contributed by atoms with Gasteiger partial charge in [-0.05, 0) is 32.0 Å². The number of anilines is 1. The Kier molecular flexibility index (Phi) is 5.38. The van der Waals surface area contributed by atoms with Crippen molar-refractivity contribution in [3.63, 3.8) is 0 Å². The second kappa shape index (κ2) is 7.47. The number of nitro benzene ring substituents is 1. The molecule has 1 amide bonds. The summed E-state index contributed by atoms with van der Waals surface area (Å²) in [5.41, 5.74) is 0.714. The summed E-state index contributed by atoms with van der Waals surface area (Å²) >= 11 is 0. The molecule has 0 bridgehead atoms. The molecule has 2 N–H and O–H groups in total. The number of ether oxygens (including phenoxy) is 2. The van der Waals surface area contributed by atoms with Gasteiger partial charge < -0.3 is 19.8 Å². The minimum atomic E-state index is -0.638. The van der Waals surface area contributed by atoms with Crippen molar-refractivity contribution in [2.75, 3.05) is 19.0 Å². The average Bonchev–Trinajstić information content (AvgIpc) is 2.94. The summed E-state index contributed by atoms with van der Waals surface area (Å²) in [4.78, 5) is 37.4. The Labute approximate surface area is 143 Å². The molecule has 0 spiro atoms. The number of carbonyl (C=O) groups is 2. The summed E-state index contributed by atoms with van der Waals surface area (Å²) in [5.74, 6) is -1.16. The molecule has 9 nitrogen and oxygen atoms in total. The van der Waals surface area contributed by atoms with E-state index in [-0.39, 0.29) is 35.0 Å². The van der Waals surface area contributed by atoms with Crippen molar-refractivity contribution in [1.29, 1.82) is 0 Å². The maximum Gasteiger partial charge on any atom is 0.356 e. The van der Waals surface area contributed by atoms with Crippen molar-refractivity contribution in [2.24, 2.45) is 0 Å². The summed E-state index contributed by atoms with van der Waals surface area (Å²) in [5, 5.41) is 13.7. The first-order valence-corrected chi connectivity index (χ1v) is 7.37. The Morgan fingerprint density at radius 3 is 2.64 bits per heavy atom. The van der Waals surface area contributed by atoms with Crippen LogP contribution >= 0.6 is 0 Å². The molecule has 132 valence electrons. The molecule has 2 rings (SSSR count). The van der Waals surface area contributed by atoms with Crippen molar-refractivity contribution in [2.45, 2.75) is 13.8 Å². The van der Waals surface area contributed by atoms with Crippen LogP contribution in [0.15, 0.2) is 24.3 Å². The summed E-state index contributed by atoms with van der Waals surface area (Å²) in [6, 6.07) is 5.45. The first-order chi connectivity index (χ1) is 11.9. The van der Waals surface area contributed by atoms with Crippen LogP contribution < -0.4 is 10.1 Å². The molecule has 0 saturated heterocycles. The van der Waals surface area contributed by atoms with E-state index in [1.807, 2.05) is 0 Å². The topological polar surface area (TPSA) is 124 Å². The number of nitro groups is 1. The van der Waals surface area contributed by atoms with Crippen LogP contribution in [0.3, 0.4) is 0 Å². The Balaban J connectivity index is 2.32. The minimum absolute atomic E-state index is 0.0600. The lowest BCUT2D eigenvalue weighted by molar-refractivity contribution is -0.385. The van der Waals surface area contributed by atoms with Gasteiger partial charge >= 0.3 is 11.7 Å². The number of benzene rings is 1. The Morgan fingerprint density at radius 2 is 2.04 bits per heavy atom. The number of aromatic nitrogens is 1.